The van der Waals surface area contributed by atoms with Gasteiger partial charge in [-0.2, -0.15) is 0 Å². The van der Waals surface area contributed by atoms with Gasteiger partial charge in [0.2, 0.25) is 0 Å². The van der Waals surface area contributed by atoms with E-state index >= 15 is 0 Å². The highest BCUT2D eigenvalue weighted by Crippen LogP contribution is 2.41. The number of pyridine rings is 1. The highest BCUT2D eigenvalue weighted by atomic mass is 16.5. The molecule has 3 aromatic carbocycles. The third-order valence-corrected chi connectivity index (χ3v) is 5.63. The number of ether oxygens (including phenoxy) is 2. The summed E-state index contributed by atoms with van der Waals surface area (Å²) in [6, 6.07) is 22.8. The first-order chi connectivity index (χ1) is 15.2. The van der Waals surface area contributed by atoms with Gasteiger partial charge in [0.05, 0.1) is 19.7 Å². The topological polar surface area (TPSA) is 49.2 Å². The van der Waals surface area contributed by atoms with E-state index in [4.69, 9.17) is 9.47 Å². The lowest BCUT2D eigenvalue weighted by molar-refractivity contribution is 0.355. The van der Waals surface area contributed by atoms with E-state index in [0.29, 0.717) is 11.5 Å². The number of hydrogen-bond donors (Lipinski definition) is 0. The maximum absolute atomic E-state index is 5.57. The van der Waals surface area contributed by atoms with E-state index in [2.05, 4.69) is 76.4 Å². The summed E-state index contributed by atoms with van der Waals surface area (Å²) in [7, 11) is 3.30. The molecular formula is C26H23N3O2. The van der Waals surface area contributed by atoms with Crippen molar-refractivity contribution in [2.24, 2.45) is 0 Å². The molecule has 5 heteroatoms. The van der Waals surface area contributed by atoms with Gasteiger partial charge in [-0.1, -0.05) is 60.2 Å². The fraction of sp³-hybridized carbons (Fsp3) is 0.154. The van der Waals surface area contributed by atoms with Crippen molar-refractivity contribution < 1.29 is 9.47 Å². The molecule has 5 rings (SSSR count). The van der Waals surface area contributed by atoms with E-state index < -0.39 is 0 Å². The quantitative estimate of drug-likeness (QED) is 0.380. The van der Waals surface area contributed by atoms with Crippen LogP contribution in [0.15, 0.2) is 72.9 Å². The van der Waals surface area contributed by atoms with E-state index in [-0.39, 0.29) is 0 Å². The lowest BCUT2D eigenvalue weighted by Gasteiger charge is -2.17. The van der Waals surface area contributed by atoms with Crippen LogP contribution in [0.5, 0.6) is 11.5 Å². The zero-order valence-electron chi connectivity index (χ0n) is 17.8. The number of hydrogen-bond acceptors (Lipinski definition) is 4. The van der Waals surface area contributed by atoms with Crippen molar-refractivity contribution in [2.45, 2.75) is 13.5 Å². The van der Waals surface area contributed by atoms with Crippen LogP contribution in [0.25, 0.3) is 33.4 Å². The highest BCUT2D eigenvalue weighted by Gasteiger charge is 2.22. The van der Waals surface area contributed by atoms with Crippen molar-refractivity contribution in [3.05, 3.63) is 84.1 Å². The van der Waals surface area contributed by atoms with Crippen molar-refractivity contribution in [3.63, 3.8) is 0 Å². The number of benzene rings is 3. The van der Waals surface area contributed by atoms with Gasteiger partial charge in [0.25, 0.3) is 0 Å². The molecule has 31 heavy (non-hydrogen) atoms. The predicted octanol–water partition coefficient (Wildman–Crippen LogP) is 5.58. The molecule has 0 saturated carbocycles. The number of rotatable bonds is 5. The van der Waals surface area contributed by atoms with Crippen LogP contribution in [-0.4, -0.2) is 29.0 Å². The molecule has 5 nitrogen and oxygen atoms in total. The summed E-state index contributed by atoms with van der Waals surface area (Å²) in [6.45, 7) is 2.81. The monoisotopic (exact) mass is 409 g/mol. The minimum atomic E-state index is 0.675. The summed E-state index contributed by atoms with van der Waals surface area (Å²) in [4.78, 5) is 0. The van der Waals surface area contributed by atoms with Gasteiger partial charge in [-0.15, -0.1) is 10.2 Å². The van der Waals surface area contributed by atoms with Crippen LogP contribution in [0.4, 0.5) is 0 Å². The molecule has 2 heterocycles. The van der Waals surface area contributed by atoms with E-state index in [1.807, 2.05) is 18.2 Å². The molecule has 154 valence electrons. The Morgan fingerprint density at radius 3 is 2.19 bits per heavy atom. The summed E-state index contributed by atoms with van der Waals surface area (Å²) in [5.41, 5.74) is 7.26. The standard InChI is InChI=1S/C26H23N3O2/c1-17-9-11-19(12-10-17)25-21-16-29(15-18-7-5-4-6-8-18)22-14-24(31-3)23(30-2)13-20(22)26(21)28-27-25/h4-14,16H,15H2,1-3H3. The lowest BCUT2D eigenvalue weighted by Crippen LogP contribution is -2.05. The molecule has 0 atom stereocenters. The second-order valence-electron chi connectivity index (χ2n) is 7.64. The first-order valence-corrected chi connectivity index (χ1v) is 10.2. The zero-order chi connectivity index (χ0) is 21.4. The first kappa shape index (κ1) is 19.1. The van der Waals surface area contributed by atoms with Crippen molar-refractivity contribution in [1.82, 2.24) is 14.8 Å². The van der Waals surface area contributed by atoms with Gasteiger partial charge in [-0.3, -0.25) is 0 Å². The van der Waals surface area contributed by atoms with Gasteiger partial charge in [0, 0.05) is 35.3 Å². The summed E-state index contributed by atoms with van der Waals surface area (Å²) in [5, 5.41) is 10.1. The Kier molecular flexibility index (Phi) is 4.79. The smallest absolute Gasteiger partial charge is 0.162 e. The number of fused-ring (bicyclic) bond motifs is 3. The van der Waals surface area contributed by atoms with E-state index in [1.54, 1.807) is 14.2 Å². The molecule has 0 fully saturated rings. The molecular weight excluding hydrogens is 386 g/mol. The molecule has 0 N–H and O–H groups in total. The van der Waals surface area contributed by atoms with Crippen LogP contribution >= 0.6 is 0 Å². The van der Waals surface area contributed by atoms with Crippen LogP contribution in [0.3, 0.4) is 0 Å². The second kappa shape index (κ2) is 7.76. The fourth-order valence-electron chi connectivity index (χ4n) is 4.00. The van der Waals surface area contributed by atoms with Crippen LogP contribution < -0.4 is 9.47 Å². The first-order valence-electron chi connectivity index (χ1n) is 10.2. The molecule has 0 saturated heterocycles. The zero-order valence-corrected chi connectivity index (χ0v) is 17.8. The Labute approximate surface area is 181 Å². The summed E-state index contributed by atoms with van der Waals surface area (Å²) < 4.78 is 13.4. The highest BCUT2D eigenvalue weighted by molar-refractivity contribution is 5.99. The average molecular weight is 409 g/mol. The molecule has 2 aliphatic rings. The Morgan fingerprint density at radius 1 is 0.806 bits per heavy atom. The molecule has 0 spiro atoms. The maximum atomic E-state index is 5.57. The minimum absolute atomic E-state index is 0.675. The molecule has 2 aliphatic heterocycles. The van der Waals surface area contributed by atoms with Crippen molar-refractivity contribution in [2.75, 3.05) is 14.2 Å². The SMILES string of the molecule is COc1cc2c3nnc(-c4ccc(C)cc4)c-3cn(Cc3ccccc3)c2cc1OC. The lowest BCUT2D eigenvalue weighted by atomic mass is 10.0. The number of methoxy groups -OCH3 is 2. The van der Waals surface area contributed by atoms with Gasteiger partial charge >= 0.3 is 0 Å². The van der Waals surface area contributed by atoms with Crippen molar-refractivity contribution >= 4 is 10.9 Å². The third-order valence-electron chi connectivity index (χ3n) is 5.63. The Morgan fingerprint density at radius 2 is 1.48 bits per heavy atom. The number of aromatic nitrogens is 3. The van der Waals surface area contributed by atoms with Crippen LogP contribution in [0, 0.1) is 6.92 Å². The minimum Gasteiger partial charge on any atom is -0.493 e. The summed E-state index contributed by atoms with van der Waals surface area (Å²) in [5.74, 6) is 1.36. The summed E-state index contributed by atoms with van der Waals surface area (Å²) >= 11 is 0. The Hall–Kier alpha value is -3.86. The average Bonchev–Trinajstić information content (AvgIpc) is 3.23. The Bertz CT molecular complexity index is 1320. The van der Waals surface area contributed by atoms with Gasteiger partial charge < -0.3 is 14.0 Å². The Balaban J connectivity index is 1.78. The van der Waals surface area contributed by atoms with E-state index in [1.165, 1.54) is 11.1 Å². The fourth-order valence-corrected chi connectivity index (χ4v) is 4.00. The van der Waals surface area contributed by atoms with Crippen LogP contribution in [0.2, 0.25) is 0 Å². The second-order valence-corrected chi connectivity index (χ2v) is 7.64. The number of aryl methyl sites for hydroxylation is 1. The molecule has 0 unspecified atom stereocenters. The van der Waals surface area contributed by atoms with E-state index in [0.717, 1.165) is 40.0 Å². The normalized spacial score (nSPS) is 11.2. The van der Waals surface area contributed by atoms with Crippen molar-refractivity contribution in [1.29, 1.82) is 0 Å². The largest absolute Gasteiger partial charge is 0.493 e. The molecule has 0 bridgehead atoms. The van der Waals surface area contributed by atoms with Crippen LogP contribution in [-0.2, 0) is 6.54 Å². The van der Waals surface area contributed by atoms with Gasteiger partial charge in [-0.05, 0) is 18.6 Å². The summed E-state index contributed by atoms with van der Waals surface area (Å²) in [6.07, 6.45) is 2.14. The van der Waals surface area contributed by atoms with Crippen LogP contribution in [0.1, 0.15) is 11.1 Å². The van der Waals surface area contributed by atoms with Crippen molar-refractivity contribution in [3.8, 4) is 34.0 Å². The number of nitrogens with zero attached hydrogens (tertiary/aromatic N) is 3. The van der Waals surface area contributed by atoms with E-state index in [9.17, 15) is 0 Å². The molecule has 3 aromatic rings. The van der Waals surface area contributed by atoms with Gasteiger partial charge in [0.1, 0.15) is 11.4 Å². The molecule has 0 radical (unpaired) electrons. The van der Waals surface area contributed by atoms with Gasteiger partial charge in [-0.25, -0.2) is 0 Å². The molecule has 0 aromatic heterocycles. The molecule has 0 amide bonds. The third kappa shape index (κ3) is 3.38. The predicted molar refractivity (Wildman–Crippen MR) is 123 cm³/mol. The van der Waals surface area contributed by atoms with Gasteiger partial charge in [0.15, 0.2) is 11.5 Å². The molecule has 0 aliphatic carbocycles. The maximum Gasteiger partial charge on any atom is 0.162 e.